The molecule has 2 radical (unpaired) electrons. The third-order valence-electron chi connectivity index (χ3n) is 5.66. The van der Waals surface area contributed by atoms with Crippen molar-refractivity contribution in [1.82, 2.24) is 15.4 Å². The lowest BCUT2D eigenvalue weighted by Gasteiger charge is -2.51. The van der Waals surface area contributed by atoms with Gasteiger partial charge in [0.25, 0.3) is 0 Å². The summed E-state index contributed by atoms with van der Waals surface area (Å²) in [6.07, 6.45) is 2.46. The van der Waals surface area contributed by atoms with Crippen LogP contribution < -0.4 is 5.32 Å². The van der Waals surface area contributed by atoms with Crippen molar-refractivity contribution in [3.8, 4) is 0 Å². The number of piperidine rings is 1. The summed E-state index contributed by atoms with van der Waals surface area (Å²) in [7, 11) is 0. The molecule has 1 N–H and O–H groups in total. The molecule has 2 rings (SSSR count). The van der Waals surface area contributed by atoms with Gasteiger partial charge in [0.1, 0.15) is 0 Å². The first-order valence-electron chi connectivity index (χ1n) is 8.41. The summed E-state index contributed by atoms with van der Waals surface area (Å²) in [5.74, 6) is 0. The highest BCUT2D eigenvalue weighted by atomic mass is 16.5. The summed E-state index contributed by atoms with van der Waals surface area (Å²) >= 11 is 0. The molecular weight excluding hydrogens is 278 g/mol. The maximum atomic E-state index is 12.5. The molecule has 0 bridgehead atoms. The predicted molar refractivity (Wildman–Crippen MR) is 85.9 cm³/mol. The smallest absolute Gasteiger partial charge is 0.0597 e. The van der Waals surface area contributed by atoms with Crippen LogP contribution in [0.25, 0.3) is 0 Å². The zero-order chi connectivity index (χ0) is 17.1. The van der Waals surface area contributed by atoms with Crippen LogP contribution in [0.2, 0.25) is 0 Å². The van der Waals surface area contributed by atoms with Crippen molar-refractivity contribution in [1.29, 1.82) is 0 Å². The van der Waals surface area contributed by atoms with E-state index >= 15 is 0 Å². The minimum Gasteiger partial charge on any atom is -0.309 e. The summed E-state index contributed by atoms with van der Waals surface area (Å²) < 4.78 is 0. The van der Waals surface area contributed by atoms with Crippen LogP contribution in [0.4, 0.5) is 0 Å². The second kappa shape index (κ2) is 5.15. The maximum absolute atomic E-state index is 12.5. The maximum Gasteiger partial charge on any atom is 0.0597 e. The molecule has 2 aliphatic rings. The molecular formula is C17H33N3O2. The fourth-order valence-electron chi connectivity index (χ4n) is 4.68. The van der Waals surface area contributed by atoms with E-state index in [1.807, 2.05) is 55.4 Å². The van der Waals surface area contributed by atoms with Gasteiger partial charge in [-0.15, -0.1) is 20.5 Å². The van der Waals surface area contributed by atoms with Gasteiger partial charge in [0, 0.05) is 28.7 Å². The van der Waals surface area contributed by atoms with Gasteiger partial charge in [-0.2, -0.15) is 0 Å². The zero-order valence-corrected chi connectivity index (χ0v) is 15.5. The summed E-state index contributed by atoms with van der Waals surface area (Å²) in [6.45, 7) is 16.1. The first kappa shape index (κ1) is 18.1. The van der Waals surface area contributed by atoms with Crippen LogP contribution in [-0.2, 0) is 10.4 Å². The second-order valence-electron chi connectivity index (χ2n) is 9.71. The molecule has 0 spiro atoms. The normalized spacial score (nSPS) is 34.9. The van der Waals surface area contributed by atoms with E-state index in [4.69, 9.17) is 0 Å². The quantitative estimate of drug-likeness (QED) is 0.853. The molecule has 5 heteroatoms. The van der Waals surface area contributed by atoms with Gasteiger partial charge in [0.2, 0.25) is 0 Å². The Morgan fingerprint density at radius 3 is 1.50 bits per heavy atom. The second-order valence-corrected chi connectivity index (χ2v) is 9.71. The van der Waals surface area contributed by atoms with Crippen LogP contribution in [0.1, 0.15) is 74.7 Å². The fraction of sp³-hybridized carbons (Fsp3) is 1.00. The number of rotatable bonds is 2. The van der Waals surface area contributed by atoms with Crippen molar-refractivity contribution >= 4 is 0 Å². The minimum atomic E-state index is -0.424. The first-order chi connectivity index (χ1) is 9.70. The number of nitrogens with zero attached hydrogens (tertiary/aromatic N) is 2. The molecule has 0 aliphatic carbocycles. The van der Waals surface area contributed by atoms with Crippen molar-refractivity contribution in [2.75, 3.05) is 0 Å². The zero-order valence-electron chi connectivity index (χ0n) is 15.5. The highest BCUT2D eigenvalue weighted by Crippen LogP contribution is 2.42. The van der Waals surface area contributed by atoms with E-state index in [-0.39, 0.29) is 28.7 Å². The van der Waals surface area contributed by atoms with Crippen molar-refractivity contribution in [2.24, 2.45) is 0 Å². The minimum absolute atomic E-state index is 0.148. The van der Waals surface area contributed by atoms with Crippen LogP contribution in [0, 0.1) is 0 Å². The van der Waals surface area contributed by atoms with E-state index in [9.17, 15) is 10.4 Å². The van der Waals surface area contributed by atoms with Crippen molar-refractivity contribution in [3.05, 3.63) is 0 Å². The summed E-state index contributed by atoms with van der Waals surface area (Å²) in [5, 5.41) is 31.2. The Labute approximate surface area is 135 Å². The molecule has 0 aromatic heterocycles. The summed E-state index contributed by atoms with van der Waals surface area (Å²) in [6, 6.07) is 0.413. The van der Waals surface area contributed by atoms with Gasteiger partial charge in [-0.25, -0.2) is 0 Å². The van der Waals surface area contributed by atoms with Crippen LogP contribution in [0.5, 0.6) is 0 Å². The average Bonchev–Trinajstić information content (AvgIpc) is 2.46. The number of hydrogen-bond donors (Lipinski definition) is 1. The molecule has 2 saturated heterocycles. The van der Waals surface area contributed by atoms with Gasteiger partial charge in [-0.05, 0) is 74.7 Å². The monoisotopic (exact) mass is 311 g/mol. The molecule has 2 aliphatic heterocycles. The Morgan fingerprint density at radius 2 is 1.14 bits per heavy atom. The molecule has 2 heterocycles. The molecule has 0 aromatic rings. The van der Waals surface area contributed by atoms with Gasteiger partial charge in [0.05, 0.1) is 5.54 Å². The molecule has 2 fully saturated rings. The summed E-state index contributed by atoms with van der Waals surface area (Å²) in [5.41, 5.74) is -1.53. The summed E-state index contributed by atoms with van der Waals surface area (Å²) in [4.78, 5) is 0. The predicted octanol–water partition coefficient (Wildman–Crippen LogP) is 2.92. The average molecular weight is 311 g/mol. The molecule has 5 nitrogen and oxygen atoms in total. The molecule has 0 saturated carbocycles. The van der Waals surface area contributed by atoms with E-state index in [1.165, 1.54) is 10.1 Å². The van der Waals surface area contributed by atoms with Gasteiger partial charge in [-0.1, -0.05) is 0 Å². The Hall–Kier alpha value is -0.200. The molecule has 1 atom stereocenters. The third-order valence-corrected chi connectivity index (χ3v) is 5.66. The number of hydrogen-bond acceptors (Lipinski definition) is 3. The highest BCUT2D eigenvalue weighted by molar-refractivity contribution is 5.08. The third kappa shape index (κ3) is 2.94. The Kier molecular flexibility index (Phi) is 4.25. The van der Waals surface area contributed by atoms with Crippen molar-refractivity contribution < 1.29 is 10.4 Å². The van der Waals surface area contributed by atoms with E-state index in [0.717, 1.165) is 19.3 Å². The van der Waals surface area contributed by atoms with E-state index in [0.29, 0.717) is 0 Å². The van der Waals surface area contributed by atoms with Crippen LogP contribution >= 0.6 is 0 Å². The lowest BCUT2D eigenvalue weighted by molar-refractivity contribution is -0.290. The number of nitrogens with one attached hydrogen (secondary N) is 1. The first-order valence-corrected chi connectivity index (χ1v) is 8.41. The molecule has 128 valence electrons. The van der Waals surface area contributed by atoms with Gasteiger partial charge >= 0.3 is 0 Å². The largest absolute Gasteiger partial charge is 0.309 e. The van der Waals surface area contributed by atoms with Gasteiger partial charge < -0.3 is 5.32 Å². The van der Waals surface area contributed by atoms with E-state index in [2.05, 4.69) is 5.32 Å². The number of hydroxylamine groups is 4. The molecule has 0 aromatic carbocycles. The molecule has 1 unspecified atom stereocenters. The Balaban J connectivity index is 2.15. The van der Waals surface area contributed by atoms with Gasteiger partial charge in [-0.3, -0.25) is 0 Å². The van der Waals surface area contributed by atoms with Crippen molar-refractivity contribution in [2.45, 2.75) is 109 Å². The molecule has 22 heavy (non-hydrogen) atoms. The lowest BCUT2D eigenvalue weighted by Crippen LogP contribution is -2.64. The Bertz CT molecular complexity index is 414. The van der Waals surface area contributed by atoms with Crippen LogP contribution in [-0.4, -0.2) is 44.4 Å². The van der Waals surface area contributed by atoms with Gasteiger partial charge in [0.15, 0.2) is 0 Å². The van der Waals surface area contributed by atoms with Crippen LogP contribution in [0.15, 0.2) is 0 Å². The lowest BCUT2D eigenvalue weighted by atomic mass is 9.78. The standard InChI is InChI=1S/C17H33N3O2/c1-14(2)9-12(10-15(3,4)19(14)21)18-13-11-16(5,6)20(22)17(13,7)8/h12-13,18H,9-11H2,1-8H3. The molecule has 0 amide bonds. The Morgan fingerprint density at radius 1 is 0.727 bits per heavy atom. The highest BCUT2D eigenvalue weighted by Gasteiger charge is 2.54. The van der Waals surface area contributed by atoms with E-state index in [1.54, 1.807) is 0 Å². The SMILES string of the molecule is CC1(C)CC(NC2CC(C)(C)N([O])C2(C)C)CC(C)(C)N1[O]. The van der Waals surface area contributed by atoms with E-state index < -0.39 is 5.54 Å². The topological polar surface area (TPSA) is 58.3 Å². The fourth-order valence-corrected chi connectivity index (χ4v) is 4.68. The van der Waals surface area contributed by atoms with Crippen molar-refractivity contribution in [3.63, 3.8) is 0 Å². The van der Waals surface area contributed by atoms with Crippen LogP contribution in [0.3, 0.4) is 0 Å².